The summed E-state index contributed by atoms with van der Waals surface area (Å²) >= 11 is 0. The minimum absolute atomic E-state index is 0.0192. The number of rotatable bonds is 3. The van der Waals surface area contributed by atoms with E-state index >= 15 is 0 Å². The van der Waals surface area contributed by atoms with Crippen LogP contribution in [0.2, 0.25) is 0 Å². The Morgan fingerprint density at radius 3 is 2.06 bits per heavy atom. The molecule has 0 aromatic heterocycles. The van der Waals surface area contributed by atoms with Gasteiger partial charge in [-0.25, -0.2) is 4.79 Å². The fourth-order valence-electron chi connectivity index (χ4n) is 4.72. The standard InChI is InChI=1S/C28H27F3O2/c1-26(2)10-11-27(3,4)24-16-20-12-17(8-9-18(20)15-23(24)26)13-22(25(32)33)19-6-5-7-21(14-19)28(29,30)31/h5-9,12-16H,10-11H2,1-4H3,(H,32,33)/b22-13+. The second kappa shape index (κ2) is 7.75. The maximum atomic E-state index is 13.1. The highest BCUT2D eigenvalue weighted by Gasteiger charge is 2.37. The van der Waals surface area contributed by atoms with Gasteiger partial charge >= 0.3 is 12.1 Å². The molecule has 172 valence electrons. The average Bonchev–Trinajstić information content (AvgIpc) is 2.73. The van der Waals surface area contributed by atoms with Crippen molar-refractivity contribution in [2.24, 2.45) is 0 Å². The summed E-state index contributed by atoms with van der Waals surface area (Å²) < 4.78 is 39.4. The minimum Gasteiger partial charge on any atom is -0.478 e. The zero-order chi connectivity index (χ0) is 24.2. The highest BCUT2D eigenvalue weighted by molar-refractivity contribution is 6.20. The van der Waals surface area contributed by atoms with Crippen LogP contribution in [0.5, 0.6) is 0 Å². The van der Waals surface area contributed by atoms with Crippen LogP contribution in [-0.4, -0.2) is 11.1 Å². The minimum atomic E-state index is -4.54. The molecule has 0 unspecified atom stereocenters. The maximum Gasteiger partial charge on any atom is 0.416 e. The molecule has 0 radical (unpaired) electrons. The van der Waals surface area contributed by atoms with Gasteiger partial charge in [-0.05, 0) is 81.0 Å². The van der Waals surface area contributed by atoms with Gasteiger partial charge in [0.2, 0.25) is 0 Å². The molecule has 1 aliphatic carbocycles. The number of fused-ring (bicyclic) bond motifs is 2. The van der Waals surface area contributed by atoms with Crippen LogP contribution in [0.3, 0.4) is 0 Å². The number of carboxylic acid groups (broad SMARTS) is 1. The van der Waals surface area contributed by atoms with E-state index in [0.29, 0.717) is 5.56 Å². The van der Waals surface area contributed by atoms with Crippen molar-refractivity contribution in [1.29, 1.82) is 0 Å². The molecule has 0 saturated heterocycles. The van der Waals surface area contributed by atoms with Crippen LogP contribution in [0, 0.1) is 0 Å². The summed E-state index contributed by atoms with van der Waals surface area (Å²) in [7, 11) is 0. The van der Waals surface area contributed by atoms with Crippen LogP contribution in [0.1, 0.15) is 68.4 Å². The van der Waals surface area contributed by atoms with Crippen LogP contribution >= 0.6 is 0 Å². The lowest BCUT2D eigenvalue weighted by Crippen LogP contribution is -2.33. The largest absolute Gasteiger partial charge is 0.478 e. The molecule has 33 heavy (non-hydrogen) atoms. The molecule has 1 aliphatic rings. The summed E-state index contributed by atoms with van der Waals surface area (Å²) in [6, 6.07) is 14.5. The normalized spacial score (nSPS) is 17.6. The first kappa shape index (κ1) is 23.1. The lowest BCUT2D eigenvalue weighted by molar-refractivity contribution is -0.137. The molecule has 0 bridgehead atoms. The quantitative estimate of drug-likeness (QED) is 0.325. The Hall–Kier alpha value is -3.08. The summed E-state index contributed by atoms with van der Waals surface area (Å²) in [5, 5.41) is 11.8. The zero-order valence-corrected chi connectivity index (χ0v) is 19.2. The van der Waals surface area contributed by atoms with E-state index in [4.69, 9.17) is 0 Å². The maximum absolute atomic E-state index is 13.1. The number of hydrogen-bond donors (Lipinski definition) is 1. The molecule has 4 rings (SSSR count). The summed E-state index contributed by atoms with van der Waals surface area (Å²) in [6.45, 7) is 9.01. The van der Waals surface area contributed by atoms with Crippen LogP contribution in [0.25, 0.3) is 22.4 Å². The predicted molar refractivity (Wildman–Crippen MR) is 126 cm³/mol. The molecule has 0 heterocycles. The molecule has 0 aliphatic heterocycles. The van der Waals surface area contributed by atoms with E-state index in [0.717, 1.165) is 35.7 Å². The third-order valence-electron chi connectivity index (χ3n) is 6.88. The van der Waals surface area contributed by atoms with Crippen LogP contribution in [0.15, 0.2) is 54.6 Å². The molecular weight excluding hydrogens is 425 g/mol. The number of halogens is 3. The smallest absolute Gasteiger partial charge is 0.416 e. The van der Waals surface area contributed by atoms with E-state index in [9.17, 15) is 23.1 Å². The summed E-state index contributed by atoms with van der Waals surface area (Å²) in [5.41, 5.74) is 2.35. The Kier molecular flexibility index (Phi) is 5.43. The van der Waals surface area contributed by atoms with E-state index in [2.05, 4.69) is 39.8 Å². The first-order valence-electron chi connectivity index (χ1n) is 11.0. The van der Waals surface area contributed by atoms with Crippen molar-refractivity contribution in [3.63, 3.8) is 0 Å². The lowest BCUT2D eigenvalue weighted by Gasteiger charge is -2.42. The van der Waals surface area contributed by atoms with Gasteiger partial charge in [0, 0.05) is 0 Å². The number of benzene rings is 3. The van der Waals surface area contributed by atoms with Crippen LogP contribution < -0.4 is 0 Å². The summed E-state index contributed by atoms with van der Waals surface area (Å²) in [6.07, 6.45) is -0.914. The van der Waals surface area contributed by atoms with Gasteiger partial charge in [-0.15, -0.1) is 0 Å². The number of alkyl halides is 3. The van der Waals surface area contributed by atoms with E-state index in [1.165, 1.54) is 29.3 Å². The van der Waals surface area contributed by atoms with Crippen LogP contribution in [0.4, 0.5) is 13.2 Å². The van der Waals surface area contributed by atoms with E-state index in [1.807, 2.05) is 18.2 Å². The Morgan fingerprint density at radius 2 is 1.48 bits per heavy atom. The fraction of sp³-hybridized carbons (Fsp3) is 0.321. The summed E-state index contributed by atoms with van der Waals surface area (Å²) in [4.78, 5) is 11.9. The molecule has 0 amide bonds. The van der Waals surface area contributed by atoms with Crippen molar-refractivity contribution in [3.8, 4) is 0 Å². The fourth-order valence-corrected chi connectivity index (χ4v) is 4.72. The van der Waals surface area contributed by atoms with Crippen LogP contribution in [-0.2, 0) is 21.8 Å². The van der Waals surface area contributed by atoms with E-state index < -0.39 is 17.7 Å². The molecule has 0 spiro atoms. The highest BCUT2D eigenvalue weighted by atomic mass is 19.4. The van der Waals surface area contributed by atoms with Gasteiger partial charge < -0.3 is 5.11 Å². The van der Waals surface area contributed by atoms with Gasteiger partial charge in [-0.3, -0.25) is 0 Å². The monoisotopic (exact) mass is 452 g/mol. The molecule has 1 N–H and O–H groups in total. The molecule has 3 aromatic carbocycles. The molecule has 2 nitrogen and oxygen atoms in total. The molecule has 0 atom stereocenters. The second-order valence-corrected chi connectivity index (χ2v) is 10.2. The molecule has 0 saturated carbocycles. The number of carboxylic acids is 1. The number of aliphatic carboxylic acids is 1. The Bertz CT molecular complexity index is 1280. The van der Waals surface area contributed by atoms with Crippen molar-refractivity contribution in [3.05, 3.63) is 82.4 Å². The lowest BCUT2D eigenvalue weighted by atomic mass is 9.63. The Balaban J connectivity index is 1.83. The third-order valence-corrected chi connectivity index (χ3v) is 6.88. The molecule has 5 heteroatoms. The Morgan fingerprint density at radius 1 is 0.879 bits per heavy atom. The van der Waals surface area contributed by atoms with Crippen molar-refractivity contribution < 1.29 is 23.1 Å². The topological polar surface area (TPSA) is 37.3 Å². The highest BCUT2D eigenvalue weighted by Crippen LogP contribution is 2.47. The number of carbonyl (C=O) groups is 1. The van der Waals surface area contributed by atoms with Crippen molar-refractivity contribution in [2.45, 2.75) is 57.5 Å². The predicted octanol–water partition coefficient (Wildman–Crippen LogP) is 7.83. The van der Waals surface area contributed by atoms with Crippen molar-refractivity contribution in [2.75, 3.05) is 0 Å². The van der Waals surface area contributed by atoms with E-state index in [-0.39, 0.29) is 22.0 Å². The van der Waals surface area contributed by atoms with E-state index in [1.54, 1.807) is 0 Å². The second-order valence-electron chi connectivity index (χ2n) is 10.2. The third kappa shape index (κ3) is 4.41. The molecule has 0 fully saturated rings. The number of hydrogen-bond acceptors (Lipinski definition) is 1. The van der Waals surface area contributed by atoms with Crippen molar-refractivity contribution in [1.82, 2.24) is 0 Å². The van der Waals surface area contributed by atoms with Gasteiger partial charge in [0.15, 0.2) is 0 Å². The van der Waals surface area contributed by atoms with Gasteiger partial charge in [-0.2, -0.15) is 13.2 Å². The molecule has 3 aromatic rings. The zero-order valence-electron chi connectivity index (χ0n) is 19.2. The molecular formula is C28H27F3O2. The Labute approximate surface area is 191 Å². The SMILES string of the molecule is CC1(C)CCC(C)(C)c2cc3cc(/C=C(/C(=O)O)c4cccc(C(F)(F)F)c4)ccc3cc21. The van der Waals surface area contributed by atoms with Gasteiger partial charge in [0.1, 0.15) is 0 Å². The average molecular weight is 453 g/mol. The summed E-state index contributed by atoms with van der Waals surface area (Å²) in [5.74, 6) is -1.28. The van der Waals surface area contributed by atoms with Gasteiger partial charge in [0.25, 0.3) is 0 Å². The van der Waals surface area contributed by atoms with Crippen molar-refractivity contribution >= 4 is 28.4 Å². The first-order valence-corrected chi connectivity index (χ1v) is 11.0. The van der Waals surface area contributed by atoms with Gasteiger partial charge in [0.05, 0.1) is 11.1 Å². The van der Waals surface area contributed by atoms with Gasteiger partial charge in [-0.1, -0.05) is 64.1 Å². The first-order chi connectivity index (χ1) is 15.3.